The largest absolute Gasteiger partial charge is 0.364 e. The average Bonchev–Trinajstić information content (AvgIpc) is 3.56. The molecule has 6 rings (SSSR count). The van der Waals surface area contributed by atoms with Crippen molar-refractivity contribution in [2.75, 3.05) is 29.1 Å². The quantitative estimate of drug-likeness (QED) is 0.346. The van der Waals surface area contributed by atoms with Crippen molar-refractivity contribution in [1.82, 2.24) is 34.4 Å². The third-order valence-corrected chi connectivity index (χ3v) is 6.84. The van der Waals surface area contributed by atoms with Crippen molar-refractivity contribution in [3.63, 3.8) is 0 Å². The first-order valence-electron chi connectivity index (χ1n) is 12.5. The van der Waals surface area contributed by atoms with E-state index in [1.807, 2.05) is 38.1 Å². The Kier molecular flexibility index (Phi) is 5.89. The van der Waals surface area contributed by atoms with Gasteiger partial charge in [-0.05, 0) is 50.1 Å². The summed E-state index contributed by atoms with van der Waals surface area (Å²) in [6, 6.07) is 8.79. The highest BCUT2D eigenvalue weighted by Gasteiger charge is 2.46. The van der Waals surface area contributed by atoms with Crippen molar-refractivity contribution in [3.8, 4) is 0 Å². The molecular formula is C26H26N10O3. The Morgan fingerprint density at radius 1 is 1.08 bits per heavy atom. The summed E-state index contributed by atoms with van der Waals surface area (Å²) in [7, 11) is 1.47. The molecule has 2 fully saturated rings. The second-order valence-electron chi connectivity index (χ2n) is 9.82. The third-order valence-electron chi connectivity index (χ3n) is 6.84. The average molecular weight is 527 g/mol. The first-order valence-corrected chi connectivity index (χ1v) is 12.5. The highest BCUT2D eigenvalue weighted by atomic mass is 16.2. The van der Waals surface area contributed by atoms with E-state index in [1.54, 1.807) is 16.8 Å². The molecule has 198 valence electrons. The minimum atomic E-state index is -0.387. The maximum absolute atomic E-state index is 12.8. The van der Waals surface area contributed by atoms with Gasteiger partial charge in [-0.2, -0.15) is 5.10 Å². The van der Waals surface area contributed by atoms with Gasteiger partial charge in [-0.1, -0.05) is 0 Å². The molecule has 0 aromatic carbocycles. The molecule has 39 heavy (non-hydrogen) atoms. The molecular weight excluding hydrogens is 500 g/mol. The third kappa shape index (κ3) is 4.74. The summed E-state index contributed by atoms with van der Waals surface area (Å²) >= 11 is 0. The monoisotopic (exact) mass is 526 g/mol. The lowest BCUT2D eigenvalue weighted by Crippen LogP contribution is -2.31. The number of nitrogens with one attached hydrogen (secondary N) is 2. The molecule has 0 spiro atoms. The molecule has 0 radical (unpaired) electrons. The molecule has 4 aromatic heterocycles. The Hall–Kier alpha value is -4.94. The van der Waals surface area contributed by atoms with Crippen LogP contribution in [0, 0.1) is 19.8 Å². The minimum Gasteiger partial charge on any atom is -0.364 e. The van der Waals surface area contributed by atoms with Crippen LogP contribution in [0.5, 0.6) is 0 Å². The van der Waals surface area contributed by atoms with E-state index in [1.165, 1.54) is 18.3 Å². The van der Waals surface area contributed by atoms with Crippen LogP contribution in [0.1, 0.15) is 35.1 Å². The number of pyridine rings is 1. The zero-order valence-corrected chi connectivity index (χ0v) is 21.6. The number of rotatable bonds is 7. The second-order valence-corrected chi connectivity index (χ2v) is 9.82. The number of aromatic nitrogens is 6. The highest BCUT2D eigenvalue weighted by Crippen LogP contribution is 2.46. The number of anilines is 3. The van der Waals surface area contributed by atoms with Gasteiger partial charge in [-0.15, -0.1) is 0 Å². The minimum absolute atomic E-state index is 0.0160. The van der Waals surface area contributed by atoms with Crippen LogP contribution < -0.4 is 15.5 Å². The van der Waals surface area contributed by atoms with Gasteiger partial charge in [0.1, 0.15) is 36.2 Å². The summed E-state index contributed by atoms with van der Waals surface area (Å²) in [4.78, 5) is 57.1. The van der Waals surface area contributed by atoms with Crippen LogP contribution in [0.15, 0.2) is 42.9 Å². The number of hydrogen-bond acceptors (Lipinski definition) is 9. The molecule has 2 aliphatic rings. The SMILES string of the molecule is Cc1cc(N2CC(=O)N(C)C2=O)n2nc(CNc3cc(NC(=O)[C@H]4C[C@@H]4c4nccc(C)n4)ncn3)cc2c1. The van der Waals surface area contributed by atoms with E-state index in [-0.39, 0.29) is 36.2 Å². The molecule has 0 unspecified atom stereocenters. The van der Waals surface area contributed by atoms with Crippen LogP contribution in [-0.2, 0) is 16.1 Å². The molecule has 1 aliphatic heterocycles. The summed E-state index contributed by atoms with van der Waals surface area (Å²) in [6.07, 6.45) is 3.79. The number of imide groups is 1. The van der Waals surface area contributed by atoms with Crippen molar-refractivity contribution in [2.24, 2.45) is 5.92 Å². The fourth-order valence-corrected chi connectivity index (χ4v) is 4.67. The zero-order chi connectivity index (χ0) is 27.3. The molecule has 1 saturated carbocycles. The Labute approximate surface area is 223 Å². The summed E-state index contributed by atoms with van der Waals surface area (Å²) in [5.41, 5.74) is 3.32. The van der Waals surface area contributed by atoms with Gasteiger partial charge < -0.3 is 10.6 Å². The number of carbonyl (C=O) groups is 3. The molecule has 0 bridgehead atoms. The van der Waals surface area contributed by atoms with Gasteiger partial charge in [-0.25, -0.2) is 29.2 Å². The molecule has 13 heteroatoms. The number of nitrogens with zero attached hydrogens (tertiary/aromatic N) is 8. The number of aryl methyl sites for hydroxylation is 2. The molecule has 4 aromatic rings. The van der Waals surface area contributed by atoms with Crippen molar-refractivity contribution < 1.29 is 14.4 Å². The zero-order valence-electron chi connectivity index (χ0n) is 21.6. The number of carbonyl (C=O) groups excluding carboxylic acids is 3. The Balaban J connectivity index is 1.13. The van der Waals surface area contributed by atoms with Crippen LogP contribution in [0.4, 0.5) is 22.2 Å². The van der Waals surface area contributed by atoms with E-state index in [2.05, 4.69) is 35.7 Å². The summed E-state index contributed by atoms with van der Waals surface area (Å²) < 4.78 is 1.66. The van der Waals surface area contributed by atoms with Crippen LogP contribution >= 0.6 is 0 Å². The number of urea groups is 1. The molecule has 2 N–H and O–H groups in total. The Morgan fingerprint density at radius 3 is 2.67 bits per heavy atom. The van der Waals surface area contributed by atoms with Gasteiger partial charge in [0, 0.05) is 36.8 Å². The number of fused-ring (bicyclic) bond motifs is 1. The van der Waals surface area contributed by atoms with E-state index < -0.39 is 0 Å². The maximum Gasteiger partial charge on any atom is 0.332 e. The van der Waals surface area contributed by atoms with Gasteiger partial charge in [0.15, 0.2) is 0 Å². The number of hydrogen-bond donors (Lipinski definition) is 2. The van der Waals surface area contributed by atoms with Crippen molar-refractivity contribution in [1.29, 1.82) is 0 Å². The molecule has 1 aliphatic carbocycles. The lowest BCUT2D eigenvalue weighted by Gasteiger charge is -2.16. The van der Waals surface area contributed by atoms with E-state index in [0.29, 0.717) is 41.9 Å². The molecule has 5 heterocycles. The number of amides is 4. The smallest absolute Gasteiger partial charge is 0.332 e. The number of likely N-dealkylation sites (N-methyl/N-ethyl adjacent to an activating group) is 1. The van der Waals surface area contributed by atoms with Crippen molar-refractivity contribution in [3.05, 3.63) is 65.6 Å². The van der Waals surface area contributed by atoms with Crippen LogP contribution in [-0.4, -0.2) is 65.9 Å². The van der Waals surface area contributed by atoms with E-state index in [9.17, 15) is 14.4 Å². The van der Waals surface area contributed by atoms with E-state index >= 15 is 0 Å². The molecule has 13 nitrogen and oxygen atoms in total. The van der Waals surface area contributed by atoms with Crippen molar-refractivity contribution in [2.45, 2.75) is 32.7 Å². The lowest BCUT2D eigenvalue weighted by molar-refractivity contribution is -0.124. The standard InChI is InChI=1S/C26H26N10O3/c1-14-6-17-8-16(33-36(17)22(7-14)35-12-23(37)34(3)26(35)39)11-28-20-10-21(30-13-29-20)32-25(38)19-9-18(19)24-27-5-4-15(2)31-24/h4-8,10,13,18-19H,9,11-12H2,1-3H3,(H2,28,29,30,32,38)/t18-,19-/m0/s1. The van der Waals surface area contributed by atoms with Crippen LogP contribution in [0.3, 0.4) is 0 Å². The van der Waals surface area contributed by atoms with Gasteiger partial charge in [0.25, 0.3) is 5.91 Å². The summed E-state index contributed by atoms with van der Waals surface area (Å²) in [5, 5.41) is 10.7. The maximum atomic E-state index is 12.8. The van der Waals surface area contributed by atoms with Crippen molar-refractivity contribution >= 4 is 40.8 Å². The lowest BCUT2D eigenvalue weighted by atomic mass is 10.2. The molecule has 4 amide bonds. The van der Waals surface area contributed by atoms with Crippen LogP contribution in [0.2, 0.25) is 0 Å². The first kappa shape index (κ1) is 24.4. The highest BCUT2D eigenvalue weighted by molar-refractivity contribution is 6.11. The van der Waals surface area contributed by atoms with Gasteiger partial charge >= 0.3 is 6.03 Å². The normalized spacial score (nSPS) is 18.6. The predicted molar refractivity (Wildman–Crippen MR) is 141 cm³/mol. The molecule has 2 atom stereocenters. The van der Waals surface area contributed by atoms with E-state index in [4.69, 9.17) is 0 Å². The summed E-state index contributed by atoms with van der Waals surface area (Å²) in [6.45, 7) is 4.14. The fourth-order valence-electron chi connectivity index (χ4n) is 4.67. The van der Waals surface area contributed by atoms with Crippen LogP contribution in [0.25, 0.3) is 5.52 Å². The van der Waals surface area contributed by atoms with E-state index in [0.717, 1.165) is 21.7 Å². The Morgan fingerprint density at radius 2 is 1.90 bits per heavy atom. The molecule has 1 saturated heterocycles. The second kappa shape index (κ2) is 9.42. The first-order chi connectivity index (χ1) is 18.8. The topological polar surface area (TPSA) is 151 Å². The predicted octanol–water partition coefficient (Wildman–Crippen LogP) is 2.28. The summed E-state index contributed by atoms with van der Waals surface area (Å²) in [5.74, 6) is 1.56. The van der Waals surface area contributed by atoms with Gasteiger partial charge in [0.05, 0.1) is 17.8 Å². The Bertz CT molecular complexity index is 1630. The fraction of sp³-hybridized carbons (Fsp3) is 0.308. The van der Waals surface area contributed by atoms with Gasteiger partial charge in [-0.3, -0.25) is 19.4 Å². The van der Waals surface area contributed by atoms with Gasteiger partial charge in [0.2, 0.25) is 5.91 Å².